The van der Waals surface area contributed by atoms with Crippen molar-refractivity contribution in [2.75, 3.05) is 25.1 Å². The number of nitrogens with one attached hydrogen (secondary N) is 2. The maximum atomic E-state index is 15.2. The van der Waals surface area contributed by atoms with E-state index in [9.17, 15) is 9.59 Å². The highest BCUT2D eigenvalue weighted by molar-refractivity contribution is 6.33. The van der Waals surface area contributed by atoms with Gasteiger partial charge in [0.1, 0.15) is 12.4 Å². The molecule has 198 valence electrons. The molecule has 2 amide bonds. The van der Waals surface area contributed by atoms with Crippen LogP contribution in [0.4, 0.5) is 10.3 Å². The summed E-state index contributed by atoms with van der Waals surface area (Å²) in [5.74, 6) is -0.872. The minimum absolute atomic E-state index is 0.0177. The van der Waals surface area contributed by atoms with Gasteiger partial charge in [-0.15, -0.1) is 0 Å². The van der Waals surface area contributed by atoms with Gasteiger partial charge in [-0.2, -0.15) is 0 Å². The van der Waals surface area contributed by atoms with E-state index in [-0.39, 0.29) is 47.2 Å². The molecule has 0 aliphatic carbocycles. The van der Waals surface area contributed by atoms with E-state index in [1.807, 2.05) is 37.3 Å². The SMILES string of the molecule is CC[C@@H](NC(=O)CN1Cc2c(F)cc(-c3nc(NC4CCOCC4)ncc3Cl)cc2C1=O)c1ccccc1. The summed E-state index contributed by atoms with van der Waals surface area (Å²) < 4.78 is 20.6. The van der Waals surface area contributed by atoms with Gasteiger partial charge >= 0.3 is 0 Å². The summed E-state index contributed by atoms with van der Waals surface area (Å²) in [5.41, 5.74) is 2.15. The second-order valence-corrected chi connectivity index (χ2v) is 9.91. The van der Waals surface area contributed by atoms with Gasteiger partial charge in [0.2, 0.25) is 11.9 Å². The largest absolute Gasteiger partial charge is 0.381 e. The number of hydrogen-bond acceptors (Lipinski definition) is 6. The summed E-state index contributed by atoms with van der Waals surface area (Å²) in [5, 5.41) is 6.51. The van der Waals surface area contributed by atoms with E-state index in [1.54, 1.807) is 6.07 Å². The van der Waals surface area contributed by atoms with E-state index in [0.717, 1.165) is 18.4 Å². The Morgan fingerprint density at radius 2 is 2.00 bits per heavy atom. The van der Waals surface area contributed by atoms with Crippen molar-refractivity contribution in [1.29, 1.82) is 0 Å². The first-order valence-electron chi connectivity index (χ1n) is 12.8. The van der Waals surface area contributed by atoms with Crippen molar-refractivity contribution in [2.24, 2.45) is 0 Å². The number of anilines is 1. The number of hydrogen-bond donors (Lipinski definition) is 2. The van der Waals surface area contributed by atoms with Gasteiger partial charge in [0, 0.05) is 35.9 Å². The summed E-state index contributed by atoms with van der Waals surface area (Å²) in [6.45, 7) is 3.16. The van der Waals surface area contributed by atoms with Crippen molar-refractivity contribution in [1.82, 2.24) is 20.2 Å². The lowest BCUT2D eigenvalue weighted by Crippen LogP contribution is -2.39. The van der Waals surface area contributed by atoms with Crippen LogP contribution in [-0.2, 0) is 16.1 Å². The summed E-state index contributed by atoms with van der Waals surface area (Å²) in [4.78, 5) is 36.1. The van der Waals surface area contributed by atoms with Crippen LogP contribution in [0.15, 0.2) is 48.7 Å². The Morgan fingerprint density at radius 1 is 1.24 bits per heavy atom. The van der Waals surface area contributed by atoms with Crippen LogP contribution < -0.4 is 10.6 Å². The molecule has 0 bridgehead atoms. The third kappa shape index (κ3) is 5.63. The van der Waals surface area contributed by atoms with E-state index in [2.05, 4.69) is 20.6 Å². The number of benzene rings is 2. The van der Waals surface area contributed by atoms with Gasteiger partial charge in [0.05, 0.1) is 29.5 Å². The predicted octanol–water partition coefficient (Wildman–Crippen LogP) is 4.75. The van der Waals surface area contributed by atoms with Crippen LogP contribution in [0.1, 0.15) is 53.7 Å². The molecule has 8 nitrogen and oxygen atoms in total. The minimum atomic E-state index is -0.543. The molecule has 1 atom stereocenters. The molecule has 2 aliphatic rings. The van der Waals surface area contributed by atoms with Gasteiger partial charge in [0.15, 0.2) is 0 Å². The fourth-order valence-electron chi connectivity index (χ4n) is 4.87. The Hall–Kier alpha value is -3.56. The number of nitrogens with zero attached hydrogens (tertiary/aromatic N) is 3. The highest BCUT2D eigenvalue weighted by Crippen LogP contribution is 2.33. The molecule has 3 aromatic rings. The Bertz CT molecular complexity index is 1330. The lowest BCUT2D eigenvalue weighted by molar-refractivity contribution is -0.122. The Balaban J connectivity index is 1.32. The normalized spacial score (nSPS) is 16.3. The molecule has 10 heteroatoms. The van der Waals surface area contributed by atoms with Gasteiger partial charge in [-0.1, -0.05) is 48.9 Å². The second kappa shape index (κ2) is 11.4. The first-order chi connectivity index (χ1) is 18.4. The molecule has 2 aromatic carbocycles. The van der Waals surface area contributed by atoms with Crippen molar-refractivity contribution in [3.63, 3.8) is 0 Å². The van der Waals surface area contributed by atoms with Gasteiger partial charge in [0.25, 0.3) is 5.91 Å². The molecule has 1 saturated heterocycles. The number of rotatable bonds is 8. The van der Waals surface area contributed by atoms with Crippen molar-refractivity contribution < 1.29 is 18.7 Å². The number of carbonyl (C=O) groups is 2. The predicted molar refractivity (Wildman–Crippen MR) is 142 cm³/mol. The third-order valence-electron chi connectivity index (χ3n) is 6.91. The van der Waals surface area contributed by atoms with Gasteiger partial charge in [-0.05, 0) is 37.0 Å². The van der Waals surface area contributed by atoms with Crippen molar-refractivity contribution in [3.8, 4) is 11.3 Å². The Kier molecular flexibility index (Phi) is 7.85. The van der Waals surface area contributed by atoms with Crippen molar-refractivity contribution in [3.05, 3.63) is 76.2 Å². The number of carbonyl (C=O) groups excluding carboxylic acids is 2. The van der Waals surface area contributed by atoms with Crippen LogP contribution in [0.5, 0.6) is 0 Å². The van der Waals surface area contributed by atoms with Gasteiger partial charge in [-0.25, -0.2) is 14.4 Å². The molecule has 5 rings (SSSR count). The first kappa shape index (κ1) is 26.1. The minimum Gasteiger partial charge on any atom is -0.381 e. The van der Waals surface area contributed by atoms with Crippen LogP contribution in [0.2, 0.25) is 5.02 Å². The highest BCUT2D eigenvalue weighted by Gasteiger charge is 2.32. The number of aromatic nitrogens is 2. The summed E-state index contributed by atoms with van der Waals surface area (Å²) in [7, 11) is 0. The fraction of sp³-hybridized carbons (Fsp3) is 0.357. The highest BCUT2D eigenvalue weighted by atomic mass is 35.5. The molecule has 2 N–H and O–H groups in total. The standard InChI is InChI=1S/C28H29ClFN5O3/c1-2-24(17-6-4-3-5-7-17)33-25(36)16-35-15-21-20(27(35)37)12-18(13-23(21)30)26-22(29)14-31-28(34-26)32-19-8-10-38-11-9-19/h3-7,12-14,19,24H,2,8-11,15-16H2,1H3,(H,33,36)(H,31,32,34)/t24-/m1/s1. The van der Waals surface area contributed by atoms with Crippen molar-refractivity contribution in [2.45, 2.75) is 44.8 Å². The molecule has 1 fully saturated rings. The van der Waals surface area contributed by atoms with Crippen LogP contribution >= 0.6 is 11.6 Å². The number of amides is 2. The van der Waals surface area contributed by atoms with Crippen LogP contribution in [0.25, 0.3) is 11.3 Å². The van der Waals surface area contributed by atoms with Gasteiger partial charge in [-0.3, -0.25) is 9.59 Å². The van der Waals surface area contributed by atoms with Crippen LogP contribution in [-0.4, -0.2) is 52.5 Å². The lowest BCUT2D eigenvalue weighted by atomic mass is 10.0. The molecular weight excluding hydrogens is 509 g/mol. The topological polar surface area (TPSA) is 96.5 Å². The summed E-state index contributed by atoms with van der Waals surface area (Å²) in [6.07, 6.45) is 3.83. The zero-order valence-corrected chi connectivity index (χ0v) is 21.8. The van der Waals surface area contributed by atoms with Crippen LogP contribution in [0.3, 0.4) is 0 Å². The van der Waals surface area contributed by atoms with E-state index >= 15 is 4.39 Å². The summed E-state index contributed by atoms with van der Waals surface area (Å²) in [6, 6.07) is 12.6. The average Bonchev–Trinajstić information content (AvgIpc) is 3.24. The lowest BCUT2D eigenvalue weighted by Gasteiger charge is -2.23. The Morgan fingerprint density at radius 3 is 2.74 bits per heavy atom. The van der Waals surface area contributed by atoms with Gasteiger partial charge < -0.3 is 20.3 Å². The van der Waals surface area contributed by atoms with E-state index in [0.29, 0.717) is 36.8 Å². The number of fused-ring (bicyclic) bond motifs is 1. The smallest absolute Gasteiger partial charge is 0.255 e. The molecule has 3 heterocycles. The maximum absolute atomic E-state index is 15.2. The molecule has 0 saturated carbocycles. The molecule has 2 aliphatic heterocycles. The van der Waals surface area contributed by atoms with Crippen LogP contribution in [0, 0.1) is 5.82 Å². The number of halogens is 2. The zero-order valence-electron chi connectivity index (χ0n) is 21.0. The monoisotopic (exact) mass is 537 g/mol. The first-order valence-corrected chi connectivity index (χ1v) is 13.1. The molecule has 0 radical (unpaired) electrons. The molecular formula is C28H29ClFN5O3. The van der Waals surface area contributed by atoms with Crippen molar-refractivity contribution >= 4 is 29.4 Å². The summed E-state index contributed by atoms with van der Waals surface area (Å²) >= 11 is 6.38. The molecule has 0 unspecified atom stereocenters. The quantitative estimate of drug-likeness (QED) is 0.430. The number of ether oxygens (including phenoxy) is 1. The Labute approximate surface area is 225 Å². The van der Waals surface area contributed by atoms with E-state index in [4.69, 9.17) is 16.3 Å². The average molecular weight is 538 g/mol. The maximum Gasteiger partial charge on any atom is 0.255 e. The fourth-order valence-corrected chi connectivity index (χ4v) is 5.07. The molecule has 1 aromatic heterocycles. The van der Waals surface area contributed by atoms with E-state index < -0.39 is 11.7 Å². The zero-order chi connectivity index (χ0) is 26.6. The van der Waals surface area contributed by atoms with E-state index in [1.165, 1.54) is 17.2 Å². The molecule has 38 heavy (non-hydrogen) atoms. The third-order valence-corrected chi connectivity index (χ3v) is 7.19. The molecule has 0 spiro atoms. The second-order valence-electron chi connectivity index (χ2n) is 9.51.